The number of carbonyl (C=O) groups is 1. The zero-order chi connectivity index (χ0) is 13.9. The molecule has 0 aliphatic carbocycles. The second-order valence-corrected chi connectivity index (χ2v) is 7.21. The fourth-order valence-corrected chi connectivity index (χ4v) is 4.40. The number of rotatable bonds is 3. The average Bonchev–Trinajstić information content (AvgIpc) is 3.08. The van der Waals surface area contributed by atoms with Crippen molar-refractivity contribution in [1.82, 2.24) is 9.80 Å². The van der Waals surface area contributed by atoms with Crippen LogP contribution in [0.2, 0.25) is 0 Å². The Kier molecular flexibility index (Phi) is 4.41. The van der Waals surface area contributed by atoms with E-state index in [0.29, 0.717) is 24.4 Å². The van der Waals surface area contributed by atoms with Gasteiger partial charge >= 0.3 is 0 Å². The molecule has 0 N–H and O–H groups in total. The minimum absolute atomic E-state index is 0.333. The van der Waals surface area contributed by atoms with Crippen molar-refractivity contribution in [3.05, 3.63) is 22.4 Å². The van der Waals surface area contributed by atoms with E-state index < -0.39 is 0 Å². The molecule has 0 radical (unpaired) electrons. The van der Waals surface area contributed by atoms with E-state index in [1.165, 1.54) is 30.6 Å². The molecule has 4 heteroatoms. The standard InChI is InChI=1S/C16H24N2OS/c1-13-5-2-9-18(11-13)16(19)12-17-8-3-6-14(17)15-7-4-10-20-15/h4,7,10,13-14H,2-3,5-6,8-9,11-12H2,1H3/t13-,14+/m0/s1. The molecule has 2 atom stereocenters. The molecular weight excluding hydrogens is 268 g/mol. The third-order valence-corrected chi connectivity index (χ3v) is 5.56. The van der Waals surface area contributed by atoms with Crippen LogP contribution in [0.4, 0.5) is 0 Å². The lowest BCUT2D eigenvalue weighted by molar-refractivity contribution is -0.134. The highest BCUT2D eigenvalue weighted by Gasteiger charge is 2.30. The third kappa shape index (κ3) is 3.07. The first-order valence-corrected chi connectivity index (χ1v) is 8.67. The van der Waals surface area contributed by atoms with E-state index in [-0.39, 0.29) is 0 Å². The Morgan fingerprint density at radius 1 is 1.35 bits per heavy atom. The molecule has 2 saturated heterocycles. The predicted molar refractivity (Wildman–Crippen MR) is 82.8 cm³/mol. The Labute approximate surface area is 125 Å². The predicted octanol–water partition coefficient (Wildman–Crippen LogP) is 3.14. The van der Waals surface area contributed by atoms with Gasteiger partial charge in [-0.3, -0.25) is 9.69 Å². The van der Waals surface area contributed by atoms with Crippen LogP contribution in [0.25, 0.3) is 0 Å². The smallest absolute Gasteiger partial charge is 0.236 e. The number of piperidine rings is 1. The minimum atomic E-state index is 0.333. The summed E-state index contributed by atoms with van der Waals surface area (Å²) < 4.78 is 0. The Balaban J connectivity index is 1.60. The van der Waals surface area contributed by atoms with Crippen molar-refractivity contribution in [1.29, 1.82) is 0 Å². The largest absolute Gasteiger partial charge is 0.341 e. The van der Waals surface area contributed by atoms with Gasteiger partial charge in [0.05, 0.1) is 6.54 Å². The van der Waals surface area contributed by atoms with E-state index in [1.54, 1.807) is 0 Å². The van der Waals surface area contributed by atoms with Crippen LogP contribution >= 0.6 is 11.3 Å². The van der Waals surface area contributed by atoms with E-state index in [1.807, 2.05) is 11.3 Å². The van der Waals surface area contributed by atoms with Crippen LogP contribution < -0.4 is 0 Å². The molecule has 2 fully saturated rings. The summed E-state index contributed by atoms with van der Waals surface area (Å²) in [4.78, 5) is 18.4. The summed E-state index contributed by atoms with van der Waals surface area (Å²) in [6.07, 6.45) is 4.85. The number of thiophene rings is 1. The highest BCUT2D eigenvalue weighted by molar-refractivity contribution is 7.10. The fraction of sp³-hybridized carbons (Fsp3) is 0.688. The topological polar surface area (TPSA) is 23.6 Å². The average molecular weight is 292 g/mol. The summed E-state index contributed by atoms with van der Waals surface area (Å²) >= 11 is 1.82. The summed E-state index contributed by atoms with van der Waals surface area (Å²) in [7, 11) is 0. The SMILES string of the molecule is C[C@H]1CCCN(C(=O)CN2CCC[C@@H]2c2cccs2)C1. The van der Waals surface area contributed by atoms with Crippen LogP contribution in [0.5, 0.6) is 0 Å². The molecule has 110 valence electrons. The molecule has 1 amide bonds. The monoisotopic (exact) mass is 292 g/mol. The molecular formula is C16H24N2OS. The van der Waals surface area contributed by atoms with Crippen LogP contribution in [0.15, 0.2) is 17.5 Å². The number of hydrogen-bond acceptors (Lipinski definition) is 3. The number of hydrogen-bond donors (Lipinski definition) is 0. The van der Waals surface area contributed by atoms with Crippen molar-refractivity contribution in [2.45, 2.75) is 38.6 Å². The van der Waals surface area contributed by atoms with Crippen molar-refractivity contribution in [3.63, 3.8) is 0 Å². The second-order valence-electron chi connectivity index (χ2n) is 6.23. The van der Waals surface area contributed by atoms with Gasteiger partial charge in [0.25, 0.3) is 0 Å². The van der Waals surface area contributed by atoms with Crippen LogP contribution in [0, 0.1) is 5.92 Å². The number of nitrogens with zero attached hydrogens (tertiary/aromatic N) is 2. The Bertz CT molecular complexity index is 445. The van der Waals surface area contributed by atoms with Gasteiger partial charge in [0.2, 0.25) is 5.91 Å². The Hall–Kier alpha value is -0.870. The summed E-state index contributed by atoms with van der Waals surface area (Å²) in [6, 6.07) is 4.80. The highest BCUT2D eigenvalue weighted by Crippen LogP contribution is 2.34. The molecule has 3 heterocycles. The van der Waals surface area contributed by atoms with Crippen LogP contribution in [0.1, 0.15) is 43.5 Å². The van der Waals surface area contributed by atoms with Crippen molar-refractivity contribution in [2.75, 3.05) is 26.2 Å². The van der Waals surface area contributed by atoms with Gasteiger partial charge < -0.3 is 4.90 Å². The van der Waals surface area contributed by atoms with Gasteiger partial charge in [-0.2, -0.15) is 0 Å². The van der Waals surface area contributed by atoms with Gasteiger partial charge in [-0.25, -0.2) is 0 Å². The van der Waals surface area contributed by atoms with Crippen LogP contribution in [-0.2, 0) is 4.79 Å². The lowest BCUT2D eigenvalue weighted by Gasteiger charge is -2.33. The van der Waals surface area contributed by atoms with E-state index in [2.05, 4.69) is 34.2 Å². The van der Waals surface area contributed by atoms with E-state index >= 15 is 0 Å². The van der Waals surface area contributed by atoms with E-state index in [0.717, 1.165) is 19.6 Å². The molecule has 3 rings (SSSR count). The van der Waals surface area contributed by atoms with Crippen LogP contribution in [-0.4, -0.2) is 41.9 Å². The Morgan fingerprint density at radius 3 is 2.95 bits per heavy atom. The fourth-order valence-electron chi connectivity index (χ4n) is 3.51. The van der Waals surface area contributed by atoms with Gasteiger partial charge in [0.1, 0.15) is 0 Å². The lowest BCUT2D eigenvalue weighted by Crippen LogP contribution is -2.44. The first-order chi connectivity index (χ1) is 9.74. The molecule has 0 unspecified atom stereocenters. The number of amides is 1. The zero-order valence-corrected chi connectivity index (χ0v) is 13.1. The van der Waals surface area contributed by atoms with Gasteiger partial charge in [0, 0.05) is 24.0 Å². The maximum atomic E-state index is 12.5. The van der Waals surface area contributed by atoms with Crippen molar-refractivity contribution < 1.29 is 4.79 Å². The first kappa shape index (κ1) is 14.1. The maximum Gasteiger partial charge on any atom is 0.236 e. The van der Waals surface area contributed by atoms with Crippen molar-refractivity contribution >= 4 is 17.2 Å². The first-order valence-electron chi connectivity index (χ1n) is 7.79. The quantitative estimate of drug-likeness (QED) is 0.854. The van der Waals surface area contributed by atoms with E-state index in [4.69, 9.17) is 0 Å². The van der Waals surface area contributed by atoms with Crippen LogP contribution in [0.3, 0.4) is 0 Å². The maximum absolute atomic E-state index is 12.5. The molecule has 3 nitrogen and oxygen atoms in total. The zero-order valence-electron chi connectivity index (χ0n) is 12.3. The summed E-state index contributed by atoms with van der Waals surface area (Å²) in [5, 5.41) is 2.14. The summed E-state index contributed by atoms with van der Waals surface area (Å²) in [5.74, 6) is 0.999. The molecule has 2 aliphatic rings. The van der Waals surface area contributed by atoms with Gasteiger partial charge in [0.15, 0.2) is 0 Å². The van der Waals surface area contributed by atoms with E-state index in [9.17, 15) is 4.79 Å². The Morgan fingerprint density at radius 2 is 2.20 bits per heavy atom. The third-order valence-electron chi connectivity index (χ3n) is 4.58. The van der Waals surface area contributed by atoms with Crippen molar-refractivity contribution in [2.24, 2.45) is 5.92 Å². The highest BCUT2D eigenvalue weighted by atomic mass is 32.1. The molecule has 1 aromatic heterocycles. The summed E-state index contributed by atoms with van der Waals surface area (Å²) in [5.41, 5.74) is 0. The van der Waals surface area contributed by atoms with Gasteiger partial charge in [-0.1, -0.05) is 13.0 Å². The number of likely N-dealkylation sites (tertiary alicyclic amines) is 2. The number of carbonyl (C=O) groups excluding carboxylic acids is 1. The second kappa shape index (κ2) is 6.27. The molecule has 0 aromatic carbocycles. The minimum Gasteiger partial charge on any atom is -0.341 e. The van der Waals surface area contributed by atoms with Crippen molar-refractivity contribution in [3.8, 4) is 0 Å². The molecule has 0 bridgehead atoms. The van der Waals surface area contributed by atoms with Gasteiger partial charge in [-0.05, 0) is 49.6 Å². The molecule has 0 saturated carbocycles. The van der Waals surface area contributed by atoms with Gasteiger partial charge in [-0.15, -0.1) is 11.3 Å². The summed E-state index contributed by atoms with van der Waals surface area (Å²) in [6.45, 7) is 5.84. The lowest BCUT2D eigenvalue weighted by atomic mass is 10.0. The normalized spacial score (nSPS) is 27.9. The molecule has 1 aromatic rings. The molecule has 0 spiro atoms. The molecule has 2 aliphatic heterocycles. The molecule has 20 heavy (non-hydrogen) atoms.